The maximum Gasteiger partial charge on any atom is 0.355 e. The molecule has 0 saturated carbocycles. The summed E-state index contributed by atoms with van der Waals surface area (Å²) < 4.78 is 7.04. The van der Waals surface area contributed by atoms with Crippen LogP contribution >= 0.6 is 11.3 Å². The predicted octanol–water partition coefficient (Wildman–Crippen LogP) is 2.52. The topological polar surface area (TPSA) is 70.1 Å². The summed E-state index contributed by atoms with van der Waals surface area (Å²) in [6.45, 7) is 6.77. The standard InChI is InChI=1S/C13H17N3O2S/c1-4-16-6-10(14)5-11(16)13(17)18-7-12-15-8(2)9(3)19-12/h5-6H,4,7,14H2,1-3H3. The summed E-state index contributed by atoms with van der Waals surface area (Å²) in [5.41, 5.74) is 7.71. The van der Waals surface area contributed by atoms with Crippen molar-refractivity contribution in [1.82, 2.24) is 9.55 Å². The average Bonchev–Trinajstić information content (AvgIpc) is 2.90. The van der Waals surface area contributed by atoms with Crippen molar-refractivity contribution in [3.8, 4) is 0 Å². The molecular weight excluding hydrogens is 262 g/mol. The number of rotatable bonds is 4. The van der Waals surface area contributed by atoms with Crippen LogP contribution in [0.2, 0.25) is 0 Å². The van der Waals surface area contributed by atoms with Crippen LogP contribution in [0.1, 0.15) is 33.0 Å². The van der Waals surface area contributed by atoms with E-state index >= 15 is 0 Å². The molecule has 0 fully saturated rings. The number of carbonyl (C=O) groups is 1. The highest BCUT2D eigenvalue weighted by Crippen LogP contribution is 2.18. The number of nitrogen functional groups attached to an aromatic ring is 1. The van der Waals surface area contributed by atoms with Gasteiger partial charge < -0.3 is 15.0 Å². The fourth-order valence-electron chi connectivity index (χ4n) is 1.77. The van der Waals surface area contributed by atoms with Crippen LogP contribution in [-0.2, 0) is 17.9 Å². The Morgan fingerprint density at radius 2 is 2.26 bits per heavy atom. The van der Waals surface area contributed by atoms with Crippen molar-refractivity contribution in [1.29, 1.82) is 0 Å². The summed E-state index contributed by atoms with van der Waals surface area (Å²) in [7, 11) is 0. The molecule has 0 bridgehead atoms. The maximum absolute atomic E-state index is 12.0. The molecule has 0 radical (unpaired) electrons. The molecule has 0 aromatic carbocycles. The van der Waals surface area contributed by atoms with Gasteiger partial charge in [0, 0.05) is 17.6 Å². The first-order chi connectivity index (χ1) is 9.01. The van der Waals surface area contributed by atoms with Gasteiger partial charge in [-0.15, -0.1) is 11.3 Å². The summed E-state index contributed by atoms with van der Waals surface area (Å²) in [4.78, 5) is 17.5. The molecule has 0 amide bonds. The summed E-state index contributed by atoms with van der Waals surface area (Å²) in [5, 5.41) is 0.811. The monoisotopic (exact) mass is 279 g/mol. The van der Waals surface area contributed by atoms with E-state index in [0.717, 1.165) is 15.6 Å². The van der Waals surface area contributed by atoms with Crippen molar-refractivity contribution in [2.75, 3.05) is 5.73 Å². The van der Waals surface area contributed by atoms with E-state index in [1.807, 2.05) is 20.8 Å². The van der Waals surface area contributed by atoms with Gasteiger partial charge in [0.15, 0.2) is 0 Å². The van der Waals surface area contributed by atoms with Gasteiger partial charge in [-0.2, -0.15) is 0 Å². The minimum atomic E-state index is -0.371. The number of nitrogens with two attached hydrogens (primary N) is 1. The molecule has 2 aromatic rings. The number of nitrogens with zero attached hydrogens (tertiary/aromatic N) is 2. The Morgan fingerprint density at radius 3 is 2.84 bits per heavy atom. The Labute approximate surface area is 116 Å². The maximum atomic E-state index is 12.0. The highest BCUT2D eigenvalue weighted by molar-refractivity contribution is 7.11. The van der Waals surface area contributed by atoms with Crippen LogP contribution in [0.4, 0.5) is 5.69 Å². The van der Waals surface area contributed by atoms with Crippen molar-refractivity contribution >= 4 is 23.0 Å². The second-order valence-corrected chi connectivity index (χ2v) is 5.56. The van der Waals surface area contributed by atoms with Crippen molar-refractivity contribution < 1.29 is 9.53 Å². The molecule has 0 spiro atoms. The van der Waals surface area contributed by atoms with Gasteiger partial charge in [0.2, 0.25) is 0 Å². The van der Waals surface area contributed by atoms with E-state index in [2.05, 4.69) is 4.98 Å². The molecular formula is C13H17N3O2S. The van der Waals surface area contributed by atoms with E-state index in [0.29, 0.717) is 17.9 Å². The van der Waals surface area contributed by atoms with Gasteiger partial charge in [-0.3, -0.25) is 0 Å². The molecule has 2 aromatic heterocycles. The van der Waals surface area contributed by atoms with Crippen LogP contribution in [0.5, 0.6) is 0 Å². The number of hydrogen-bond donors (Lipinski definition) is 1. The molecule has 2 N–H and O–H groups in total. The number of esters is 1. The molecule has 0 unspecified atom stereocenters. The summed E-state index contributed by atoms with van der Waals surface area (Å²) in [6.07, 6.45) is 1.73. The van der Waals surface area contributed by atoms with Gasteiger partial charge in [-0.1, -0.05) is 0 Å². The second-order valence-electron chi connectivity index (χ2n) is 4.27. The number of hydrogen-bond acceptors (Lipinski definition) is 5. The van der Waals surface area contributed by atoms with E-state index < -0.39 is 0 Å². The number of thiazole rings is 1. The van der Waals surface area contributed by atoms with Gasteiger partial charge in [-0.25, -0.2) is 9.78 Å². The Kier molecular flexibility index (Phi) is 3.90. The third kappa shape index (κ3) is 2.96. The first kappa shape index (κ1) is 13.6. The lowest BCUT2D eigenvalue weighted by atomic mass is 10.4. The van der Waals surface area contributed by atoms with Gasteiger partial charge in [-0.05, 0) is 26.8 Å². The van der Waals surface area contributed by atoms with Crippen LogP contribution in [-0.4, -0.2) is 15.5 Å². The van der Waals surface area contributed by atoms with Crippen molar-refractivity contribution in [2.45, 2.75) is 33.9 Å². The van der Waals surface area contributed by atoms with E-state index in [1.165, 1.54) is 0 Å². The van der Waals surface area contributed by atoms with Gasteiger partial charge >= 0.3 is 5.97 Å². The number of anilines is 1. The van der Waals surface area contributed by atoms with Crippen molar-refractivity contribution in [3.05, 3.63) is 33.5 Å². The van der Waals surface area contributed by atoms with E-state index in [4.69, 9.17) is 10.5 Å². The molecule has 2 heterocycles. The van der Waals surface area contributed by atoms with Crippen LogP contribution in [0, 0.1) is 13.8 Å². The quantitative estimate of drug-likeness (QED) is 0.873. The van der Waals surface area contributed by atoms with Crippen LogP contribution in [0.15, 0.2) is 12.3 Å². The minimum absolute atomic E-state index is 0.201. The molecule has 102 valence electrons. The number of aryl methyl sites for hydroxylation is 3. The van der Waals surface area contributed by atoms with Crippen LogP contribution < -0.4 is 5.73 Å². The highest BCUT2D eigenvalue weighted by Gasteiger charge is 2.14. The molecule has 19 heavy (non-hydrogen) atoms. The molecule has 0 atom stereocenters. The molecule has 0 aliphatic carbocycles. The SMILES string of the molecule is CCn1cc(N)cc1C(=O)OCc1nc(C)c(C)s1. The zero-order chi connectivity index (χ0) is 14.0. The number of carbonyl (C=O) groups excluding carboxylic acids is 1. The molecule has 0 saturated heterocycles. The van der Waals surface area contributed by atoms with E-state index in [9.17, 15) is 4.79 Å². The fourth-order valence-corrected chi connectivity index (χ4v) is 2.61. The number of aromatic nitrogens is 2. The van der Waals surface area contributed by atoms with E-state index in [1.54, 1.807) is 28.2 Å². The predicted molar refractivity (Wildman–Crippen MR) is 75.2 cm³/mol. The third-order valence-corrected chi connectivity index (χ3v) is 3.91. The van der Waals surface area contributed by atoms with Gasteiger partial charge in [0.1, 0.15) is 17.3 Å². The van der Waals surface area contributed by atoms with Crippen molar-refractivity contribution in [2.24, 2.45) is 0 Å². The summed E-state index contributed by atoms with van der Waals surface area (Å²) in [5.74, 6) is -0.371. The first-order valence-corrected chi connectivity index (χ1v) is 6.88. The Balaban J connectivity index is 2.05. The smallest absolute Gasteiger partial charge is 0.355 e. The van der Waals surface area contributed by atoms with Crippen molar-refractivity contribution in [3.63, 3.8) is 0 Å². The number of ether oxygens (including phenoxy) is 1. The minimum Gasteiger partial charge on any atom is -0.454 e. The van der Waals surface area contributed by atoms with Gasteiger partial charge in [0.25, 0.3) is 0 Å². The lowest BCUT2D eigenvalue weighted by molar-refractivity contribution is 0.0460. The molecule has 2 rings (SSSR count). The zero-order valence-corrected chi connectivity index (χ0v) is 12.1. The Hall–Kier alpha value is -1.82. The average molecular weight is 279 g/mol. The highest BCUT2D eigenvalue weighted by atomic mass is 32.1. The Morgan fingerprint density at radius 1 is 1.53 bits per heavy atom. The summed E-state index contributed by atoms with van der Waals surface area (Å²) >= 11 is 1.55. The third-order valence-electron chi connectivity index (χ3n) is 2.87. The van der Waals surface area contributed by atoms with Gasteiger partial charge in [0.05, 0.1) is 11.4 Å². The van der Waals surface area contributed by atoms with Crippen LogP contribution in [0.3, 0.4) is 0 Å². The molecule has 0 aliphatic rings. The normalized spacial score (nSPS) is 10.7. The fraction of sp³-hybridized carbons (Fsp3) is 0.385. The molecule has 6 heteroatoms. The van der Waals surface area contributed by atoms with E-state index in [-0.39, 0.29) is 12.6 Å². The molecule has 0 aliphatic heterocycles. The molecule has 5 nitrogen and oxygen atoms in total. The van der Waals surface area contributed by atoms with Crippen LogP contribution in [0.25, 0.3) is 0 Å². The first-order valence-electron chi connectivity index (χ1n) is 6.07. The summed E-state index contributed by atoms with van der Waals surface area (Å²) in [6, 6.07) is 1.63. The zero-order valence-electron chi connectivity index (χ0n) is 11.3. The second kappa shape index (κ2) is 5.44. The lowest BCUT2D eigenvalue weighted by Crippen LogP contribution is -2.11. The lowest BCUT2D eigenvalue weighted by Gasteiger charge is -2.05. The Bertz CT molecular complexity index is 582. The largest absolute Gasteiger partial charge is 0.454 e.